The molecule has 0 heterocycles. The largest absolute Gasteiger partial charge is 0.320 e. The second kappa shape index (κ2) is 5.77. The van der Waals surface area contributed by atoms with Gasteiger partial charge in [0.15, 0.2) is 0 Å². The van der Waals surface area contributed by atoms with Crippen molar-refractivity contribution in [3.05, 3.63) is 30.1 Å². The molecule has 1 aromatic carbocycles. The zero-order chi connectivity index (χ0) is 13.0. The lowest BCUT2D eigenvalue weighted by Crippen LogP contribution is -2.45. The van der Waals surface area contributed by atoms with E-state index in [0.717, 1.165) is 6.42 Å². The van der Waals surface area contributed by atoms with E-state index < -0.39 is 11.9 Å². The number of rotatable bonds is 4. The second-order valence-corrected chi connectivity index (χ2v) is 4.26. The molecule has 0 spiro atoms. The van der Waals surface area contributed by atoms with Crippen LogP contribution in [0.25, 0.3) is 0 Å². The lowest BCUT2D eigenvalue weighted by Gasteiger charge is -2.24. The minimum absolute atomic E-state index is 0.0803. The molecule has 1 aromatic rings. The third-order valence-electron chi connectivity index (χ3n) is 3.09. The number of likely N-dealkylation sites (N-methyl/N-ethyl adjacent to an activating group) is 1. The van der Waals surface area contributed by atoms with Crippen LogP contribution in [0.4, 0.5) is 10.1 Å². The molecule has 4 heteroatoms. The number of nitrogens with zero attached hydrogens (tertiary/aromatic N) is 1. The molecule has 0 aliphatic heterocycles. The van der Waals surface area contributed by atoms with Crippen LogP contribution in [-0.2, 0) is 4.79 Å². The molecule has 2 atom stereocenters. The molecule has 0 fully saturated rings. The van der Waals surface area contributed by atoms with E-state index in [2.05, 4.69) is 0 Å². The molecular weight excluding hydrogens is 219 g/mol. The van der Waals surface area contributed by atoms with Gasteiger partial charge in [-0.05, 0) is 18.1 Å². The monoisotopic (exact) mass is 238 g/mol. The van der Waals surface area contributed by atoms with Crippen molar-refractivity contribution in [3.8, 4) is 0 Å². The first kappa shape index (κ1) is 13.6. The van der Waals surface area contributed by atoms with Crippen molar-refractivity contribution >= 4 is 11.6 Å². The van der Waals surface area contributed by atoms with Crippen molar-refractivity contribution in [2.75, 3.05) is 11.9 Å². The number of nitrogens with two attached hydrogens (primary N) is 1. The molecule has 2 N–H and O–H groups in total. The molecule has 0 aliphatic carbocycles. The summed E-state index contributed by atoms with van der Waals surface area (Å²) in [5.74, 6) is -0.596. The van der Waals surface area contributed by atoms with Gasteiger partial charge in [0, 0.05) is 7.05 Å². The zero-order valence-corrected chi connectivity index (χ0v) is 10.5. The highest BCUT2D eigenvalue weighted by atomic mass is 19.1. The average Bonchev–Trinajstić information content (AvgIpc) is 2.35. The first-order chi connectivity index (χ1) is 7.99. The van der Waals surface area contributed by atoms with E-state index in [-0.39, 0.29) is 17.5 Å². The van der Waals surface area contributed by atoms with Gasteiger partial charge in [0.25, 0.3) is 0 Å². The number of hydrogen-bond donors (Lipinski definition) is 1. The van der Waals surface area contributed by atoms with Gasteiger partial charge in [-0.3, -0.25) is 4.79 Å². The average molecular weight is 238 g/mol. The summed E-state index contributed by atoms with van der Waals surface area (Å²) in [7, 11) is 1.54. The normalized spacial score (nSPS) is 14.2. The zero-order valence-electron chi connectivity index (χ0n) is 10.5. The maximum absolute atomic E-state index is 13.5. The molecule has 0 aromatic heterocycles. The molecule has 17 heavy (non-hydrogen) atoms. The van der Waals surface area contributed by atoms with Crippen molar-refractivity contribution in [2.45, 2.75) is 26.3 Å². The molecule has 0 bridgehead atoms. The summed E-state index contributed by atoms with van der Waals surface area (Å²) in [6.07, 6.45) is 0.817. The van der Waals surface area contributed by atoms with E-state index in [9.17, 15) is 9.18 Å². The predicted octanol–water partition coefficient (Wildman–Crippen LogP) is 2.16. The lowest BCUT2D eigenvalue weighted by atomic mass is 9.99. The Bertz CT molecular complexity index is 395. The van der Waals surface area contributed by atoms with Gasteiger partial charge in [-0.1, -0.05) is 32.4 Å². The maximum atomic E-state index is 13.5. The number of benzene rings is 1. The summed E-state index contributed by atoms with van der Waals surface area (Å²) in [5, 5.41) is 0. The van der Waals surface area contributed by atoms with Gasteiger partial charge in [0.1, 0.15) is 5.82 Å². The highest BCUT2D eigenvalue weighted by Gasteiger charge is 2.24. The molecule has 0 aliphatic rings. The fourth-order valence-corrected chi connectivity index (χ4v) is 1.56. The number of hydrogen-bond acceptors (Lipinski definition) is 2. The maximum Gasteiger partial charge on any atom is 0.243 e. The van der Waals surface area contributed by atoms with Crippen LogP contribution < -0.4 is 10.6 Å². The number of anilines is 1. The quantitative estimate of drug-likeness (QED) is 0.873. The van der Waals surface area contributed by atoms with Crippen LogP contribution in [0, 0.1) is 11.7 Å². The molecular formula is C13H19FN2O. The molecule has 1 rings (SSSR count). The Balaban J connectivity index is 2.87. The number of para-hydroxylation sites is 1. The molecule has 1 amide bonds. The van der Waals surface area contributed by atoms with E-state index in [1.165, 1.54) is 11.0 Å². The molecule has 0 radical (unpaired) electrons. The van der Waals surface area contributed by atoms with Crippen molar-refractivity contribution in [1.82, 2.24) is 0 Å². The fraction of sp³-hybridized carbons (Fsp3) is 0.462. The van der Waals surface area contributed by atoms with Crippen molar-refractivity contribution in [2.24, 2.45) is 11.7 Å². The second-order valence-electron chi connectivity index (χ2n) is 4.26. The van der Waals surface area contributed by atoms with Crippen LogP contribution in [0.15, 0.2) is 24.3 Å². The van der Waals surface area contributed by atoms with E-state index in [1.807, 2.05) is 13.8 Å². The highest BCUT2D eigenvalue weighted by molar-refractivity contribution is 5.96. The Kier molecular flexibility index (Phi) is 4.63. The Morgan fingerprint density at radius 1 is 1.47 bits per heavy atom. The van der Waals surface area contributed by atoms with E-state index in [4.69, 9.17) is 5.73 Å². The SMILES string of the molecule is CC[C@H](C)[C@H](N)C(=O)N(C)c1ccccc1F. The third-order valence-corrected chi connectivity index (χ3v) is 3.09. The van der Waals surface area contributed by atoms with Crippen molar-refractivity contribution in [3.63, 3.8) is 0 Å². The number of carbonyl (C=O) groups is 1. The van der Waals surface area contributed by atoms with Gasteiger partial charge in [-0.2, -0.15) is 0 Å². The van der Waals surface area contributed by atoms with Gasteiger partial charge in [0.2, 0.25) is 5.91 Å². The van der Waals surface area contributed by atoms with Crippen LogP contribution in [0.2, 0.25) is 0 Å². The lowest BCUT2D eigenvalue weighted by molar-refractivity contribution is -0.120. The summed E-state index contributed by atoms with van der Waals surface area (Å²) in [6.45, 7) is 3.89. The number of halogens is 1. The molecule has 0 saturated heterocycles. The molecule has 0 unspecified atom stereocenters. The topological polar surface area (TPSA) is 46.3 Å². The fourth-order valence-electron chi connectivity index (χ4n) is 1.56. The van der Waals surface area contributed by atoms with Crippen LogP contribution in [-0.4, -0.2) is 19.0 Å². The van der Waals surface area contributed by atoms with Gasteiger partial charge >= 0.3 is 0 Å². The van der Waals surface area contributed by atoms with Crippen LogP contribution in [0.3, 0.4) is 0 Å². The molecule has 94 valence electrons. The van der Waals surface area contributed by atoms with Gasteiger partial charge in [-0.15, -0.1) is 0 Å². The first-order valence-electron chi connectivity index (χ1n) is 5.76. The van der Waals surface area contributed by atoms with Crippen LogP contribution in [0.5, 0.6) is 0 Å². The number of carbonyl (C=O) groups excluding carboxylic acids is 1. The van der Waals surface area contributed by atoms with Crippen molar-refractivity contribution in [1.29, 1.82) is 0 Å². The van der Waals surface area contributed by atoms with E-state index in [0.29, 0.717) is 0 Å². The Morgan fingerprint density at radius 2 is 2.06 bits per heavy atom. The smallest absolute Gasteiger partial charge is 0.243 e. The predicted molar refractivity (Wildman–Crippen MR) is 67.2 cm³/mol. The molecule has 0 saturated carbocycles. The highest BCUT2D eigenvalue weighted by Crippen LogP contribution is 2.19. The van der Waals surface area contributed by atoms with E-state index in [1.54, 1.807) is 25.2 Å². The summed E-state index contributed by atoms with van der Waals surface area (Å²) >= 11 is 0. The first-order valence-corrected chi connectivity index (χ1v) is 5.76. The summed E-state index contributed by atoms with van der Waals surface area (Å²) in [6, 6.07) is 5.58. The number of amides is 1. The van der Waals surface area contributed by atoms with Gasteiger partial charge in [-0.25, -0.2) is 4.39 Å². The summed E-state index contributed by atoms with van der Waals surface area (Å²) in [5.41, 5.74) is 6.11. The minimum atomic E-state index is -0.593. The minimum Gasteiger partial charge on any atom is -0.320 e. The van der Waals surface area contributed by atoms with Crippen LogP contribution in [0.1, 0.15) is 20.3 Å². The third kappa shape index (κ3) is 3.03. The Hall–Kier alpha value is -1.42. The van der Waals surface area contributed by atoms with Crippen LogP contribution >= 0.6 is 0 Å². The molecule has 3 nitrogen and oxygen atoms in total. The van der Waals surface area contributed by atoms with E-state index >= 15 is 0 Å². The summed E-state index contributed by atoms with van der Waals surface area (Å²) < 4.78 is 13.5. The Labute approximate surface area is 101 Å². The van der Waals surface area contributed by atoms with Crippen molar-refractivity contribution < 1.29 is 9.18 Å². The van der Waals surface area contributed by atoms with Gasteiger partial charge < -0.3 is 10.6 Å². The summed E-state index contributed by atoms with van der Waals surface area (Å²) in [4.78, 5) is 13.3. The standard InChI is InChI=1S/C13H19FN2O/c1-4-9(2)12(15)13(17)16(3)11-8-6-5-7-10(11)14/h5-9,12H,4,15H2,1-3H3/t9-,12-/m0/s1. The van der Waals surface area contributed by atoms with Gasteiger partial charge in [0.05, 0.1) is 11.7 Å². The Morgan fingerprint density at radius 3 is 2.59 bits per heavy atom.